The standard InChI is InChI=1S/C18H24Cl2N2O.ClH/c1-2-21-11-12-5-7-22(8-6-12)18(23)15-10-14(15)13-3-4-16(19)17(20)9-13;/h3-4,9,12,14-15,21H,2,5-8,10-11H2,1H3;1H. The van der Waals surface area contributed by atoms with Crippen LogP contribution in [-0.4, -0.2) is 37.0 Å². The third-order valence-electron chi connectivity index (χ3n) is 5.09. The molecule has 6 heteroatoms. The minimum Gasteiger partial charge on any atom is -0.342 e. The topological polar surface area (TPSA) is 32.3 Å². The summed E-state index contributed by atoms with van der Waals surface area (Å²) in [6.07, 6.45) is 3.17. The molecule has 3 rings (SSSR count). The third kappa shape index (κ3) is 4.57. The Morgan fingerprint density at radius 3 is 2.58 bits per heavy atom. The molecule has 2 aliphatic rings. The van der Waals surface area contributed by atoms with E-state index in [2.05, 4.69) is 17.1 Å². The first-order valence-corrected chi connectivity index (χ1v) is 9.30. The van der Waals surface area contributed by atoms with Crippen molar-refractivity contribution in [1.82, 2.24) is 10.2 Å². The van der Waals surface area contributed by atoms with Gasteiger partial charge < -0.3 is 10.2 Å². The highest BCUT2D eigenvalue weighted by atomic mass is 35.5. The van der Waals surface area contributed by atoms with E-state index in [1.807, 2.05) is 18.2 Å². The molecule has 1 amide bonds. The lowest BCUT2D eigenvalue weighted by Crippen LogP contribution is -2.41. The minimum atomic E-state index is 0. The van der Waals surface area contributed by atoms with Gasteiger partial charge in [-0.25, -0.2) is 0 Å². The molecule has 1 heterocycles. The van der Waals surface area contributed by atoms with E-state index in [0.29, 0.717) is 27.8 Å². The predicted octanol–water partition coefficient (Wildman–Crippen LogP) is 4.37. The highest BCUT2D eigenvalue weighted by molar-refractivity contribution is 6.42. The summed E-state index contributed by atoms with van der Waals surface area (Å²) >= 11 is 12.1. The van der Waals surface area contributed by atoms with E-state index >= 15 is 0 Å². The first kappa shape index (κ1) is 19.8. The smallest absolute Gasteiger partial charge is 0.226 e. The number of nitrogens with zero attached hydrogens (tertiary/aromatic N) is 1. The van der Waals surface area contributed by atoms with Crippen molar-refractivity contribution in [3.8, 4) is 0 Å². The lowest BCUT2D eigenvalue weighted by atomic mass is 9.96. The van der Waals surface area contributed by atoms with E-state index < -0.39 is 0 Å². The van der Waals surface area contributed by atoms with Gasteiger partial charge >= 0.3 is 0 Å². The summed E-state index contributed by atoms with van der Waals surface area (Å²) in [4.78, 5) is 14.7. The van der Waals surface area contributed by atoms with Gasteiger partial charge in [-0.05, 0) is 61.9 Å². The van der Waals surface area contributed by atoms with Crippen LogP contribution in [0.3, 0.4) is 0 Å². The number of amides is 1. The number of carbonyl (C=O) groups excluding carboxylic acids is 1. The van der Waals surface area contributed by atoms with Crippen LogP contribution in [0.2, 0.25) is 10.0 Å². The van der Waals surface area contributed by atoms with Crippen LogP contribution < -0.4 is 5.32 Å². The maximum absolute atomic E-state index is 12.7. The fourth-order valence-electron chi connectivity index (χ4n) is 3.52. The monoisotopic (exact) mass is 390 g/mol. The van der Waals surface area contributed by atoms with Crippen LogP contribution in [-0.2, 0) is 4.79 Å². The molecule has 1 aliphatic heterocycles. The molecule has 3 nitrogen and oxygen atoms in total. The van der Waals surface area contributed by atoms with Crippen LogP contribution in [0.15, 0.2) is 18.2 Å². The first-order chi connectivity index (χ1) is 11.1. The molecule has 1 aromatic rings. The number of benzene rings is 1. The zero-order valence-corrected chi connectivity index (χ0v) is 16.3. The molecule has 1 N–H and O–H groups in total. The molecule has 134 valence electrons. The summed E-state index contributed by atoms with van der Waals surface area (Å²) in [5, 5.41) is 4.56. The van der Waals surface area contributed by atoms with Crippen molar-refractivity contribution in [2.45, 2.75) is 32.1 Å². The van der Waals surface area contributed by atoms with Crippen LogP contribution in [0.4, 0.5) is 0 Å². The Labute approximate surface area is 160 Å². The molecule has 0 spiro atoms. The van der Waals surface area contributed by atoms with Gasteiger partial charge in [0.2, 0.25) is 5.91 Å². The van der Waals surface area contributed by atoms with E-state index in [1.165, 1.54) is 0 Å². The minimum absolute atomic E-state index is 0. The molecule has 2 fully saturated rings. The van der Waals surface area contributed by atoms with Gasteiger partial charge in [0.15, 0.2) is 0 Å². The van der Waals surface area contributed by atoms with Crippen LogP contribution >= 0.6 is 35.6 Å². The third-order valence-corrected chi connectivity index (χ3v) is 5.83. The molecule has 0 bridgehead atoms. The van der Waals surface area contributed by atoms with Crippen LogP contribution in [0.25, 0.3) is 0 Å². The van der Waals surface area contributed by atoms with Gasteiger partial charge in [-0.2, -0.15) is 0 Å². The van der Waals surface area contributed by atoms with Gasteiger partial charge in [0.05, 0.1) is 10.0 Å². The Hall–Kier alpha value is -0.480. The Kier molecular flexibility index (Phi) is 7.23. The Bertz CT molecular complexity index is 573. The lowest BCUT2D eigenvalue weighted by molar-refractivity contribution is -0.134. The number of hydrogen-bond donors (Lipinski definition) is 1. The van der Waals surface area contributed by atoms with Crippen molar-refractivity contribution < 1.29 is 4.79 Å². The van der Waals surface area contributed by atoms with Crippen molar-refractivity contribution in [2.75, 3.05) is 26.2 Å². The highest BCUT2D eigenvalue weighted by Gasteiger charge is 2.46. The zero-order valence-electron chi connectivity index (χ0n) is 13.9. The highest BCUT2D eigenvalue weighted by Crippen LogP contribution is 2.49. The average molecular weight is 392 g/mol. The molecular formula is C18H25Cl3N2O. The Balaban J connectivity index is 0.00000208. The van der Waals surface area contributed by atoms with E-state index in [4.69, 9.17) is 23.2 Å². The molecular weight excluding hydrogens is 367 g/mol. The second kappa shape index (κ2) is 8.75. The molecule has 2 unspecified atom stereocenters. The largest absolute Gasteiger partial charge is 0.342 e. The number of piperidine rings is 1. The van der Waals surface area contributed by atoms with E-state index in [1.54, 1.807) is 0 Å². The van der Waals surface area contributed by atoms with Gasteiger partial charge in [0, 0.05) is 19.0 Å². The van der Waals surface area contributed by atoms with Crippen molar-refractivity contribution in [1.29, 1.82) is 0 Å². The molecule has 1 aromatic carbocycles. The van der Waals surface area contributed by atoms with E-state index in [0.717, 1.165) is 51.0 Å². The van der Waals surface area contributed by atoms with E-state index in [-0.39, 0.29) is 18.3 Å². The maximum Gasteiger partial charge on any atom is 0.226 e. The number of carbonyl (C=O) groups is 1. The molecule has 2 atom stereocenters. The number of rotatable bonds is 5. The molecule has 1 saturated heterocycles. The summed E-state index contributed by atoms with van der Waals surface area (Å²) < 4.78 is 0. The second-order valence-electron chi connectivity index (χ2n) is 6.70. The number of likely N-dealkylation sites (tertiary alicyclic amines) is 1. The van der Waals surface area contributed by atoms with Crippen LogP contribution in [0.5, 0.6) is 0 Å². The van der Waals surface area contributed by atoms with Crippen molar-refractivity contribution in [3.63, 3.8) is 0 Å². The predicted molar refractivity (Wildman–Crippen MR) is 102 cm³/mol. The summed E-state index contributed by atoms with van der Waals surface area (Å²) in [6.45, 7) is 6.04. The molecule has 0 aromatic heterocycles. The fourth-order valence-corrected chi connectivity index (χ4v) is 3.83. The van der Waals surface area contributed by atoms with Crippen LogP contribution in [0, 0.1) is 11.8 Å². The Morgan fingerprint density at radius 1 is 1.25 bits per heavy atom. The normalized spacial score (nSPS) is 23.7. The van der Waals surface area contributed by atoms with Crippen molar-refractivity contribution in [3.05, 3.63) is 33.8 Å². The van der Waals surface area contributed by atoms with Crippen LogP contribution in [0.1, 0.15) is 37.7 Å². The molecule has 1 saturated carbocycles. The lowest BCUT2D eigenvalue weighted by Gasteiger charge is -2.32. The van der Waals surface area contributed by atoms with Crippen molar-refractivity contribution >= 4 is 41.5 Å². The van der Waals surface area contributed by atoms with Gasteiger partial charge in [0.1, 0.15) is 0 Å². The van der Waals surface area contributed by atoms with Crippen molar-refractivity contribution in [2.24, 2.45) is 11.8 Å². The quantitative estimate of drug-likeness (QED) is 0.808. The second-order valence-corrected chi connectivity index (χ2v) is 7.51. The van der Waals surface area contributed by atoms with Gasteiger partial charge in [-0.15, -0.1) is 12.4 Å². The average Bonchev–Trinajstić information content (AvgIpc) is 3.36. The number of hydrogen-bond acceptors (Lipinski definition) is 2. The number of halogens is 3. The number of nitrogens with one attached hydrogen (secondary N) is 1. The van der Waals surface area contributed by atoms with Gasteiger partial charge in [-0.1, -0.05) is 36.2 Å². The maximum atomic E-state index is 12.7. The summed E-state index contributed by atoms with van der Waals surface area (Å²) in [5.41, 5.74) is 1.14. The van der Waals surface area contributed by atoms with E-state index in [9.17, 15) is 4.79 Å². The van der Waals surface area contributed by atoms with Gasteiger partial charge in [-0.3, -0.25) is 4.79 Å². The molecule has 0 radical (unpaired) electrons. The fraction of sp³-hybridized carbons (Fsp3) is 0.611. The molecule has 24 heavy (non-hydrogen) atoms. The Morgan fingerprint density at radius 2 is 1.96 bits per heavy atom. The SMILES string of the molecule is CCNCC1CCN(C(=O)C2CC2c2ccc(Cl)c(Cl)c2)CC1.Cl. The zero-order chi connectivity index (χ0) is 16.4. The summed E-state index contributed by atoms with van der Waals surface area (Å²) in [7, 11) is 0. The summed E-state index contributed by atoms with van der Waals surface area (Å²) in [6, 6.07) is 5.73. The first-order valence-electron chi connectivity index (χ1n) is 8.54. The van der Waals surface area contributed by atoms with Gasteiger partial charge in [0.25, 0.3) is 0 Å². The molecule has 1 aliphatic carbocycles. The summed E-state index contributed by atoms with van der Waals surface area (Å²) in [5.74, 6) is 1.49.